The van der Waals surface area contributed by atoms with Crippen LogP contribution in [0.4, 0.5) is 0 Å². The minimum absolute atomic E-state index is 0.0983. The molecule has 2 nitrogen and oxygen atoms in total. The number of rotatable bonds is 5. The molecule has 72 valence electrons. The summed E-state index contributed by atoms with van der Waals surface area (Å²) in [5.41, 5.74) is 0. The monoisotopic (exact) mass is 235 g/mol. The zero-order chi connectivity index (χ0) is 9.56. The molecule has 0 bridgehead atoms. The van der Waals surface area contributed by atoms with Gasteiger partial charge in [-0.2, -0.15) is 0 Å². The Kier molecular flexibility index (Phi) is 6.44. The topological polar surface area (TPSA) is 29.1 Å². The fraction of sp³-hybridized carbons (Fsp3) is 0.889. The molecule has 0 aliphatic carbocycles. The van der Waals surface area contributed by atoms with Gasteiger partial charge >= 0.3 is 0 Å². The predicted octanol–water partition coefficient (Wildman–Crippen LogP) is 2.18. The third-order valence-electron chi connectivity index (χ3n) is 1.75. The first-order chi connectivity index (χ1) is 5.57. The second-order valence-corrected chi connectivity index (χ2v) is 4.28. The van der Waals surface area contributed by atoms with Gasteiger partial charge in [0.15, 0.2) is 0 Å². The lowest BCUT2D eigenvalue weighted by Crippen LogP contribution is -2.31. The molecule has 0 saturated carbocycles. The van der Waals surface area contributed by atoms with Crippen LogP contribution in [0.5, 0.6) is 0 Å². The van der Waals surface area contributed by atoms with Crippen LogP contribution in [0.1, 0.15) is 27.2 Å². The third kappa shape index (κ3) is 5.58. The Labute approximate surface area is 83.2 Å². The van der Waals surface area contributed by atoms with Crippen LogP contribution in [-0.4, -0.2) is 17.8 Å². The van der Waals surface area contributed by atoms with Crippen LogP contribution in [0, 0.1) is 11.8 Å². The van der Waals surface area contributed by atoms with Gasteiger partial charge in [-0.15, -0.1) is 0 Å². The largest absolute Gasteiger partial charge is 0.356 e. The third-order valence-corrected chi connectivity index (χ3v) is 2.21. The number of halogens is 1. The van der Waals surface area contributed by atoms with Crippen LogP contribution in [0.15, 0.2) is 0 Å². The van der Waals surface area contributed by atoms with Crippen LogP contribution in [0.25, 0.3) is 0 Å². The quantitative estimate of drug-likeness (QED) is 0.728. The molecule has 12 heavy (non-hydrogen) atoms. The summed E-state index contributed by atoms with van der Waals surface area (Å²) in [5.74, 6) is 0.810. The maximum atomic E-state index is 11.1. The van der Waals surface area contributed by atoms with E-state index in [0.29, 0.717) is 5.92 Å². The molecule has 0 aliphatic heterocycles. The van der Waals surface area contributed by atoms with Gasteiger partial charge in [-0.25, -0.2) is 0 Å². The van der Waals surface area contributed by atoms with E-state index >= 15 is 0 Å². The molecule has 0 fully saturated rings. The lowest BCUT2D eigenvalue weighted by Gasteiger charge is -2.12. The highest BCUT2D eigenvalue weighted by molar-refractivity contribution is 9.09. The van der Waals surface area contributed by atoms with Gasteiger partial charge in [0.2, 0.25) is 5.91 Å². The molecule has 1 unspecified atom stereocenters. The second kappa shape index (κ2) is 6.46. The number of alkyl halides is 1. The first-order valence-electron chi connectivity index (χ1n) is 4.41. The van der Waals surface area contributed by atoms with E-state index in [4.69, 9.17) is 0 Å². The van der Waals surface area contributed by atoms with Gasteiger partial charge in [-0.3, -0.25) is 4.79 Å². The highest BCUT2D eigenvalue weighted by atomic mass is 79.9. The maximum Gasteiger partial charge on any atom is 0.222 e. The van der Waals surface area contributed by atoms with Crippen molar-refractivity contribution in [1.82, 2.24) is 5.32 Å². The Morgan fingerprint density at radius 3 is 2.42 bits per heavy atom. The van der Waals surface area contributed by atoms with E-state index in [1.165, 1.54) is 0 Å². The molecule has 1 N–H and O–H groups in total. The minimum Gasteiger partial charge on any atom is -0.356 e. The molecule has 0 spiro atoms. The minimum atomic E-state index is 0.0983. The molecule has 0 rings (SSSR count). The van der Waals surface area contributed by atoms with Crippen LogP contribution in [0.2, 0.25) is 0 Å². The van der Waals surface area contributed by atoms with Crippen molar-refractivity contribution in [3.05, 3.63) is 0 Å². The fourth-order valence-electron chi connectivity index (χ4n) is 0.767. The van der Waals surface area contributed by atoms with Crippen molar-refractivity contribution in [3.63, 3.8) is 0 Å². The summed E-state index contributed by atoms with van der Waals surface area (Å²) in [7, 11) is 0. The number of nitrogens with one attached hydrogen (secondary N) is 1. The first-order valence-corrected chi connectivity index (χ1v) is 5.53. The number of carbonyl (C=O) groups excluding carboxylic acids is 1. The Hall–Kier alpha value is -0.0500. The van der Waals surface area contributed by atoms with Gasteiger partial charge in [0.25, 0.3) is 0 Å². The summed E-state index contributed by atoms with van der Waals surface area (Å²) >= 11 is 3.37. The number of hydrogen-bond donors (Lipinski definition) is 1. The number of carbonyl (C=O) groups is 1. The van der Waals surface area contributed by atoms with Gasteiger partial charge in [0, 0.05) is 17.8 Å². The molecule has 0 aromatic heterocycles. The van der Waals surface area contributed by atoms with Crippen LogP contribution >= 0.6 is 15.9 Å². The smallest absolute Gasteiger partial charge is 0.222 e. The molecular formula is C9H18BrNO. The maximum absolute atomic E-state index is 11.1. The molecule has 0 saturated heterocycles. The van der Waals surface area contributed by atoms with Gasteiger partial charge < -0.3 is 5.32 Å². The van der Waals surface area contributed by atoms with Crippen molar-refractivity contribution in [2.75, 3.05) is 11.9 Å². The summed E-state index contributed by atoms with van der Waals surface area (Å²) in [6.45, 7) is 6.75. The van der Waals surface area contributed by atoms with E-state index in [1.54, 1.807) is 0 Å². The van der Waals surface area contributed by atoms with Crippen molar-refractivity contribution >= 4 is 21.8 Å². The van der Waals surface area contributed by atoms with Crippen LogP contribution in [-0.2, 0) is 4.79 Å². The van der Waals surface area contributed by atoms with Crippen molar-refractivity contribution in [3.8, 4) is 0 Å². The Bertz CT molecular complexity index is 136. The van der Waals surface area contributed by atoms with E-state index in [2.05, 4.69) is 28.2 Å². The molecule has 0 aromatic carbocycles. The summed E-state index contributed by atoms with van der Waals surface area (Å²) in [6.07, 6.45) is 1.11. The van der Waals surface area contributed by atoms with Crippen LogP contribution < -0.4 is 5.32 Å². The zero-order valence-electron chi connectivity index (χ0n) is 8.06. The molecule has 0 radical (unpaired) electrons. The zero-order valence-corrected chi connectivity index (χ0v) is 9.65. The predicted molar refractivity (Wildman–Crippen MR) is 55.4 cm³/mol. The number of hydrogen-bond acceptors (Lipinski definition) is 1. The summed E-state index contributed by atoms with van der Waals surface area (Å²) < 4.78 is 0. The lowest BCUT2D eigenvalue weighted by molar-refractivity contribution is -0.124. The fourth-order valence-corrected chi connectivity index (χ4v) is 1.55. The Balaban J connectivity index is 3.47. The highest BCUT2D eigenvalue weighted by Crippen LogP contribution is 2.02. The van der Waals surface area contributed by atoms with Crippen molar-refractivity contribution in [2.45, 2.75) is 27.2 Å². The van der Waals surface area contributed by atoms with E-state index in [0.717, 1.165) is 18.3 Å². The summed E-state index contributed by atoms with van der Waals surface area (Å²) in [4.78, 5) is 11.1. The summed E-state index contributed by atoms with van der Waals surface area (Å²) in [6, 6.07) is 0. The van der Waals surface area contributed by atoms with Crippen molar-refractivity contribution in [1.29, 1.82) is 0 Å². The van der Waals surface area contributed by atoms with Gasteiger partial charge in [-0.05, 0) is 12.3 Å². The molecule has 3 heteroatoms. The van der Waals surface area contributed by atoms with Gasteiger partial charge in [0.1, 0.15) is 0 Å². The Morgan fingerprint density at radius 1 is 1.42 bits per heavy atom. The average molecular weight is 236 g/mol. The average Bonchev–Trinajstić information content (AvgIpc) is 2.00. The molecule has 0 heterocycles. The second-order valence-electron chi connectivity index (χ2n) is 3.48. The van der Waals surface area contributed by atoms with Crippen LogP contribution in [0.3, 0.4) is 0 Å². The molecule has 1 atom stereocenters. The lowest BCUT2D eigenvalue weighted by atomic mass is 10.1. The van der Waals surface area contributed by atoms with Gasteiger partial charge in [0.05, 0.1) is 0 Å². The van der Waals surface area contributed by atoms with Crippen molar-refractivity contribution in [2.24, 2.45) is 11.8 Å². The van der Waals surface area contributed by atoms with Crippen molar-refractivity contribution < 1.29 is 4.79 Å². The molecular weight excluding hydrogens is 218 g/mol. The van der Waals surface area contributed by atoms with Gasteiger partial charge in [-0.1, -0.05) is 36.7 Å². The highest BCUT2D eigenvalue weighted by Gasteiger charge is 2.07. The standard InChI is InChI=1S/C9H18BrNO/c1-7(2)9(12)11-6-8(3)4-5-10/h7-8H,4-6H2,1-3H3,(H,11,12). The van der Waals surface area contributed by atoms with E-state index in [1.807, 2.05) is 13.8 Å². The molecule has 1 amide bonds. The van der Waals surface area contributed by atoms with E-state index < -0.39 is 0 Å². The Morgan fingerprint density at radius 2 is 2.00 bits per heavy atom. The SMILES string of the molecule is CC(CCBr)CNC(=O)C(C)C. The first kappa shape index (κ1) is 11.9. The molecule has 0 aliphatic rings. The van der Waals surface area contributed by atoms with E-state index in [9.17, 15) is 4.79 Å². The molecule has 0 aromatic rings. The van der Waals surface area contributed by atoms with E-state index in [-0.39, 0.29) is 11.8 Å². The normalized spacial score (nSPS) is 13.1. The number of amides is 1. The summed E-state index contributed by atoms with van der Waals surface area (Å²) in [5, 5.41) is 3.91.